The van der Waals surface area contributed by atoms with Gasteiger partial charge in [-0.2, -0.15) is 0 Å². The van der Waals surface area contributed by atoms with E-state index in [0.29, 0.717) is 25.2 Å². The summed E-state index contributed by atoms with van der Waals surface area (Å²) in [7, 11) is 0. The van der Waals surface area contributed by atoms with Gasteiger partial charge in [0.25, 0.3) is 0 Å². The summed E-state index contributed by atoms with van der Waals surface area (Å²) in [6.07, 6.45) is 1.11. The van der Waals surface area contributed by atoms with E-state index >= 15 is 0 Å². The third kappa shape index (κ3) is 7.74. The minimum absolute atomic E-state index is 0.0282. The molecule has 0 radical (unpaired) electrons. The summed E-state index contributed by atoms with van der Waals surface area (Å²) in [6.45, 7) is 8.47. The molecule has 2 aromatic rings. The largest absolute Gasteiger partial charge is 0.499 e. The van der Waals surface area contributed by atoms with E-state index in [9.17, 15) is 9.59 Å². The average Bonchev–Trinajstić information content (AvgIpc) is 2.73. The molecule has 0 fully saturated rings. The summed E-state index contributed by atoms with van der Waals surface area (Å²) in [6, 6.07) is 18.3. The smallest absolute Gasteiger partial charge is 0.303 e. The predicted molar refractivity (Wildman–Crippen MR) is 119 cm³/mol. The first-order chi connectivity index (χ1) is 14.4. The molecule has 0 bridgehead atoms. The second-order valence-electron chi connectivity index (χ2n) is 7.46. The molecule has 0 saturated heterocycles. The van der Waals surface area contributed by atoms with Crippen molar-refractivity contribution in [3.63, 3.8) is 0 Å². The van der Waals surface area contributed by atoms with Crippen molar-refractivity contribution < 1.29 is 19.4 Å². The number of aliphatic carboxylic acids is 1. The van der Waals surface area contributed by atoms with E-state index in [1.54, 1.807) is 0 Å². The van der Waals surface area contributed by atoms with Crippen LogP contribution in [-0.2, 0) is 20.7 Å². The monoisotopic (exact) mass is 409 g/mol. The SMILES string of the molecule is C=C(OCC)[C@H](C)CC(Cc1ccc(-c2ccccc2)cc1)NC(=O)CCC(=O)O. The summed E-state index contributed by atoms with van der Waals surface area (Å²) in [4.78, 5) is 23.0. The molecule has 30 heavy (non-hydrogen) atoms. The lowest BCUT2D eigenvalue weighted by Gasteiger charge is -2.24. The Morgan fingerprint density at radius 3 is 2.27 bits per heavy atom. The molecule has 1 unspecified atom stereocenters. The fourth-order valence-electron chi connectivity index (χ4n) is 3.35. The normalized spacial score (nSPS) is 12.6. The van der Waals surface area contributed by atoms with Crippen LogP contribution in [0.1, 0.15) is 38.7 Å². The van der Waals surface area contributed by atoms with Gasteiger partial charge < -0.3 is 15.2 Å². The molecule has 2 aromatic carbocycles. The third-order valence-corrected chi connectivity index (χ3v) is 4.99. The number of nitrogens with one attached hydrogen (secondary N) is 1. The van der Waals surface area contributed by atoms with Crippen molar-refractivity contribution in [1.82, 2.24) is 5.32 Å². The van der Waals surface area contributed by atoms with E-state index in [2.05, 4.69) is 48.3 Å². The fraction of sp³-hybridized carbons (Fsp3) is 0.360. The topological polar surface area (TPSA) is 75.6 Å². The maximum atomic E-state index is 12.2. The van der Waals surface area contributed by atoms with Gasteiger partial charge in [0.1, 0.15) is 0 Å². The van der Waals surface area contributed by atoms with Gasteiger partial charge in [0.2, 0.25) is 5.91 Å². The second-order valence-corrected chi connectivity index (χ2v) is 7.46. The Morgan fingerprint density at radius 1 is 1.03 bits per heavy atom. The highest BCUT2D eigenvalue weighted by Crippen LogP contribution is 2.22. The molecule has 2 N–H and O–H groups in total. The fourth-order valence-corrected chi connectivity index (χ4v) is 3.35. The highest BCUT2D eigenvalue weighted by Gasteiger charge is 2.19. The van der Waals surface area contributed by atoms with Gasteiger partial charge in [-0.3, -0.25) is 9.59 Å². The van der Waals surface area contributed by atoms with Gasteiger partial charge in [0.15, 0.2) is 0 Å². The zero-order valence-electron chi connectivity index (χ0n) is 17.8. The number of rotatable bonds is 12. The highest BCUT2D eigenvalue weighted by molar-refractivity contribution is 5.80. The molecule has 0 aliphatic carbocycles. The van der Waals surface area contributed by atoms with Crippen LogP contribution >= 0.6 is 0 Å². The molecule has 1 amide bonds. The van der Waals surface area contributed by atoms with E-state index in [-0.39, 0.29) is 30.7 Å². The molecule has 0 saturated carbocycles. The van der Waals surface area contributed by atoms with Crippen LogP contribution in [0, 0.1) is 5.92 Å². The minimum Gasteiger partial charge on any atom is -0.499 e. The number of amides is 1. The molecule has 2 atom stereocenters. The zero-order valence-corrected chi connectivity index (χ0v) is 17.8. The van der Waals surface area contributed by atoms with Crippen molar-refractivity contribution in [2.24, 2.45) is 5.92 Å². The Balaban J connectivity index is 2.07. The first-order valence-electron chi connectivity index (χ1n) is 10.4. The van der Waals surface area contributed by atoms with Crippen LogP contribution in [0.3, 0.4) is 0 Å². The van der Waals surface area contributed by atoms with Gasteiger partial charge in [-0.25, -0.2) is 0 Å². The van der Waals surface area contributed by atoms with Crippen LogP contribution in [0.2, 0.25) is 0 Å². The van der Waals surface area contributed by atoms with E-state index in [4.69, 9.17) is 9.84 Å². The summed E-state index contributed by atoms with van der Waals surface area (Å²) in [5.41, 5.74) is 3.40. The number of ether oxygens (including phenoxy) is 1. The van der Waals surface area contributed by atoms with E-state index in [1.807, 2.05) is 32.0 Å². The van der Waals surface area contributed by atoms with Crippen molar-refractivity contribution in [2.75, 3.05) is 6.61 Å². The quantitative estimate of drug-likeness (QED) is 0.493. The van der Waals surface area contributed by atoms with Gasteiger partial charge in [0, 0.05) is 18.4 Å². The minimum atomic E-state index is -0.976. The maximum Gasteiger partial charge on any atom is 0.303 e. The Hall–Kier alpha value is -3.08. The average molecular weight is 410 g/mol. The van der Waals surface area contributed by atoms with Crippen molar-refractivity contribution in [1.29, 1.82) is 0 Å². The maximum absolute atomic E-state index is 12.2. The van der Waals surface area contributed by atoms with Gasteiger partial charge in [-0.15, -0.1) is 0 Å². The molecule has 0 aliphatic heterocycles. The molecule has 0 aromatic heterocycles. The summed E-state index contributed by atoms with van der Waals surface area (Å²) < 4.78 is 5.52. The molecule has 0 spiro atoms. The molecule has 160 valence electrons. The zero-order chi connectivity index (χ0) is 21.9. The molecule has 0 heterocycles. The van der Waals surface area contributed by atoms with Crippen molar-refractivity contribution in [2.45, 2.75) is 45.6 Å². The van der Waals surface area contributed by atoms with Crippen LogP contribution in [0.25, 0.3) is 11.1 Å². The first-order valence-corrected chi connectivity index (χ1v) is 10.4. The standard InChI is InChI=1S/C25H31NO4/c1-4-30-19(3)18(2)16-23(26-24(27)14-15-25(28)29)17-20-10-12-22(13-11-20)21-8-6-5-7-9-21/h5-13,18,23H,3-4,14-17H2,1-2H3,(H,26,27)(H,28,29)/t18-,23?/m1/s1. The number of carboxylic acid groups (broad SMARTS) is 1. The van der Waals surface area contributed by atoms with Gasteiger partial charge in [-0.05, 0) is 36.5 Å². The molecule has 5 heteroatoms. The van der Waals surface area contributed by atoms with Crippen molar-refractivity contribution >= 4 is 11.9 Å². The third-order valence-electron chi connectivity index (χ3n) is 4.99. The number of carboxylic acids is 1. The Bertz CT molecular complexity index is 830. The van der Waals surface area contributed by atoms with E-state index in [1.165, 1.54) is 0 Å². The number of carbonyl (C=O) groups is 2. The number of hydrogen-bond acceptors (Lipinski definition) is 3. The lowest BCUT2D eigenvalue weighted by Crippen LogP contribution is -2.38. The van der Waals surface area contributed by atoms with Crippen molar-refractivity contribution in [3.8, 4) is 11.1 Å². The molecule has 0 aliphatic rings. The molecular formula is C25H31NO4. The second kappa shape index (κ2) is 11.8. The van der Waals surface area contributed by atoms with Crippen LogP contribution < -0.4 is 5.32 Å². The lowest BCUT2D eigenvalue weighted by molar-refractivity contribution is -0.138. The van der Waals surface area contributed by atoms with E-state index in [0.717, 1.165) is 16.7 Å². The van der Waals surface area contributed by atoms with Crippen LogP contribution in [0.15, 0.2) is 66.9 Å². The van der Waals surface area contributed by atoms with Crippen LogP contribution in [0.4, 0.5) is 0 Å². The van der Waals surface area contributed by atoms with Gasteiger partial charge >= 0.3 is 5.97 Å². The molecule has 5 nitrogen and oxygen atoms in total. The number of carbonyl (C=O) groups excluding carboxylic acids is 1. The Morgan fingerprint density at radius 2 is 1.67 bits per heavy atom. The molecular weight excluding hydrogens is 378 g/mol. The first kappa shape index (κ1) is 23.2. The summed E-state index contributed by atoms with van der Waals surface area (Å²) in [5.74, 6) is -0.464. The van der Waals surface area contributed by atoms with Gasteiger partial charge in [-0.1, -0.05) is 68.1 Å². The Kier molecular flexibility index (Phi) is 9.13. The summed E-state index contributed by atoms with van der Waals surface area (Å²) >= 11 is 0. The van der Waals surface area contributed by atoms with Crippen LogP contribution in [-0.4, -0.2) is 29.6 Å². The van der Waals surface area contributed by atoms with Crippen LogP contribution in [0.5, 0.6) is 0 Å². The number of benzene rings is 2. The van der Waals surface area contributed by atoms with Crippen molar-refractivity contribution in [3.05, 3.63) is 72.5 Å². The molecule has 2 rings (SSSR count). The number of allylic oxidation sites excluding steroid dienone is 1. The number of hydrogen-bond donors (Lipinski definition) is 2. The van der Waals surface area contributed by atoms with E-state index < -0.39 is 5.97 Å². The lowest BCUT2D eigenvalue weighted by atomic mass is 9.94. The predicted octanol–water partition coefficient (Wildman–Crippen LogP) is 4.82. The van der Waals surface area contributed by atoms with Gasteiger partial charge in [0.05, 0.1) is 18.8 Å². The summed E-state index contributed by atoms with van der Waals surface area (Å²) in [5, 5.41) is 11.8. The highest BCUT2D eigenvalue weighted by atomic mass is 16.5. The Labute approximate surface area is 178 Å².